The van der Waals surface area contributed by atoms with Gasteiger partial charge in [-0.1, -0.05) is 31.0 Å². The standard InChI is InChI=1S/C15H23ClN2O2/c1-4-8-15(3,17)14(19)18-10-11(2)20-13-7-5-6-12(16)9-13/h5-7,9,11H,4,8,10,17H2,1-3H3,(H,18,19). The second-order valence-corrected chi connectivity index (χ2v) is 5.70. The summed E-state index contributed by atoms with van der Waals surface area (Å²) in [7, 11) is 0. The topological polar surface area (TPSA) is 64.4 Å². The molecule has 2 atom stereocenters. The third-order valence-electron chi connectivity index (χ3n) is 2.97. The normalized spacial score (nSPS) is 15.2. The molecule has 4 nitrogen and oxygen atoms in total. The van der Waals surface area contributed by atoms with Crippen LogP contribution in [0.5, 0.6) is 5.75 Å². The molecule has 20 heavy (non-hydrogen) atoms. The number of rotatable bonds is 7. The van der Waals surface area contributed by atoms with E-state index in [1.165, 1.54) is 0 Å². The summed E-state index contributed by atoms with van der Waals surface area (Å²) < 4.78 is 5.68. The van der Waals surface area contributed by atoms with Gasteiger partial charge >= 0.3 is 0 Å². The molecule has 0 saturated heterocycles. The van der Waals surface area contributed by atoms with E-state index in [9.17, 15) is 4.79 Å². The van der Waals surface area contributed by atoms with E-state index < -0.39 is 5.54 Å². The lowest BCUT2D eigenvalue weighted by Gasteiger charge is -2.24. The van der Waals surface area contributed by atoms with Gasteiger partial charge in [-0.15, -0.1) is 0 Å². The molecular formula is C15H23ClN2O2. The van der Waals surface area contributed by atoms with Gasteiger partial charge in [0.25, 0.3) is 0 Å². The Morgan fingerprint density at radius 1 is 1.55 bits per heavy atom. The Morgan fingerprint density at radius 2 is 2.25 bits per heavy atom. The summed E-state index contributed by atoms with van der Waals surface area (Å²) in [4.78, 5) is 12.0. The molecule has 0 heterocycles. The maximum absolute atomic E-state index is 12.0. The van der Waals surface area contributed by atoms with Crippen LogP contribution in [-0.2, 0) is 4.79 Å². The molecule has 5 heteroatoms. The summed E-state index contributed by atoms with van der Waals surface area (Å²) in [5.74, 6) is 0.532. The average molecular weight is 299 g/mol. The van der Waals surface area contributed by atoms with Gasteiger partial charge in [0.2, 0.25) is 5.91 Å². The van der Waals surface area contributed by atoms with Crippen molar-refractivity contribution in [3.05, 3.63) is 29.3 Å². The molecule has 1 rings (SSSR count). The van der Waals surface area contributed by atoms with Gasteiger partial charge in [0.1, 0.15) is 11.9 Å². The zero-order chi connectivity index (χ0) is 15.2. The first-order chi connectivity index (χ1) is 9.35. The second-order valence-electron chi connectivity index (χ2n) is 5.26. The fourth-order valence-electron chi connectivity index (χ4n) is 1.89. The number of benzene rings is 1. The first kappa shape index (κ1) is 16.8. The minimum absolute atomic E-state index is 0.152. The summed E-state index contributed by atoms with van der Waals surface area (Å²) in [5, 5.41) is 3.44. The van der Waals surface area contributed by atoms with E-state index in [1.54, 1.807) is 19.1 Å². The number of nitrogens with two attached hydrogens (primary N) is 1. The van der Waals surface area contributed by atoms with Crippen molar-refractivity contribution in [1.82, 2.24) is 5.32 Å². The van der Waals surface area contributed by atoms with E-state index in [0.717, 1.165) is 6.42 Å². The smallest absolute Gasteiger partial charge is 0.239 e. The third kappa shape index (κ3) is 5.39. The van der Waals surface area contributed by atoms with Crippen LogP contribution in [0.4, 0.5) is 0 Å². The summed E-state index contributed by atoms with van der Waals surface area (Å²) in [6, 6.07) is 7.17. The molecule has 0 aliphatic carbocycles. The summed E-state index contributed by atoms with van der Waals surface area (Å²) in [6.45, 7) is 6.04. The van der Waals surface area contributed by atoms with Gasteiger partial charge < -0.3 is 15.8 Å². The SMILES string of the molecule is CCCC(C)(N)C(=O)NCC(C)Oc1cccc(Cl)c1. The molecule has 0 spiro atoms. The molecule has 0 fully saturated rings. The summed E-state index contributed by atoms with van der Waals surface area (Å²) in [6.07, 6.45) is 1.37. The number of hydrogen-bond donors (Lipinski definition) is 2. The van der Waals surface area contributed by atoms with E-state index in [1.807, 2.05) is 26.0 Å². The van der Waals surface area contributed by atoms with E-state index in [-0.39, 0.29) is 12.0 Å². The Labute approximate surface area is 125 Å². The monoisotopic (exact) mass is 298 g/mol. The van der Waals surface area contributed by atoms with E-state index >= 15 is 0 Å². The predicted octanol–water partition coefficient (Wildman–Crippen LogP) is 2.74. The fourth-order valence-corrected chi connectivity index (χ4v) is 2.07. The maximum Gasteiger partial charge on any atom is 0.239 e. The van der Waals surface area contributed by atoms with Crippen molar-refractivity contribution in [3.63, 3.8) is 0 Å². The molecule has 1 aromatic rings. The second kappa shape index (κ2) is 7.50. The van der Waals surface area contributed by atoms with Gasteiger partial charge in [-0.25, -0.2) is 0 Å². The number of halogens is 1. The highest BCUT2D eigenvalue weighted by atomic mass is 35.5. The third-order valence-corrected chi connectivity index (χ3v) is 3.21. The Bertz CT molecular complexity index is 449. The van der Waals surface area contributed by atoms with Crippen molar-refractivity contribution in [2.24, 2.45) is 5.73 Å². The minimum Gasteiger partial charge on any atom is -0.489 e. The zero-order valence-corrected chi connectivity index (χ0v) is 13.0. The lowest BCUT2D eigenvalue weighted by atomic mass is 9.96. The summed E-state index contributed by atoms with van der Waals surface area (Å²) >= 11 is 5.88. The molecule has 3 N–H and O–H groups in total. The van der Waals surface area contributed by atoms with Crippen LogP contribution in [0.1, 0.15) is 33.6 Å². The van der Waals surface area contributed by atoms with Crippen LogP contribution in [0.15, 0.2) is 24.3 Å². The fraction of sp³-hybridized carbons (Fsp3) is 0.533. The lowest BCUT2D eigenvalue weighted by Crippen LogP contribution is -2.53. The largest absolute Gasteiger partial charge is 0.489 e. The number of amides is 1. The van der Waals surface area contributed by atoms with Crippen molar-refractivity contribution in [1.29, 1.82) is 0 Å². The molecular weight excluding hydrogens is 276 g/mol. The molecule has 0 saturated carbocycles. The Morgan fingerprint density at radius 3 is 2.85 bits per heavy atom. The highest BCUT2D eigenvalue weighted by molar-refractivity contribution is 6.30. The molecule has 0 radical (unpaired) electrons. The summed E-state index contributed by atoms with van der Waals surface area (Å²) in [5.41, 5.74) is 5.13. The van der Waals surface area contributed by atoms with Gasteiger partial charge in [-0.3, -0.25) is 4.79 Å². The van der Waals surface area contributed by atoms with Crippen molar-refractivity contribution in [3.8, 4) is 5.75 Å². The lowest BCUT2D eigenvalue weighted by molar-refractivity contribution is -0.126. The van der Waals surface area contributed by atoms with Crippen molar-refractivity contribution < 1.29 is 9.53 Å². The highest BCUT2D eigenvalue weighted by Crippen LogP contribution is 2.18. The van der Waals surface area contributed by atoms with E-state index in [2.05, 4.69) is 5.32 Å². The Hall–Kier alpha value is -1.26. The molecule has 0 aliphatic heterocycles. The van der Waals surface area contributed by atoms with E-state index in [4.69, 9.17) is 22.1 Å². The van der Waals surface area contributed by atoms with Crippen LogP contribution in [0.2, 0.25) is 5.02 Å². The van der Waals surface area contributed by atoms with Crippen LogP contribution < -0.4 is 15.8 Å². The average Bonchev–Trinajstić information content (AvgIpc) is 2.35. The Balaban J connectivity index is 2.43. The first-order valence-corrected chi connectivity index (χ1v) is 7.22. The van der Waals surface area contributed by atoms with Crippen LogP contribution in [0.3, 0.4) is 0 Å². The minimum atomic E-state index is -0.829. The Kier molecular flexibility index (Phi) is 6.30. The molecule has 2 unspecified atom stereocenters. The number of nitrogens with one attached hydrogen (secondary N) is 1. The van der Waals surface area contributed by atoms with Crippen LogP contribution >= 0.6 is 11.6 Å². The number of carbonyl (C=O) groups excluding carboxylic acids is 1. The van der Waals surface area contributed by atoms with Crippen LogP contribution in [-0.4, -0.2) is 24.1 Å². The number of carbonyl (C=O) groups is 1. The molecule has 1 aromatic carbocycles. The van der Waals surface area contributed by atoms with Gasteiger partial charge in [0.05, 0.1) is 12.1 Å². The van der Waals surface area contributed by atoms with Crippen molar-refractivity contribution in [2.75, 3.05) is 6.54 Å². The first-order valence-electron chi connectivity index (χ1n) is 6.84. The van der Waals surface area contributed by atoms with Crippen LogP contribution in [0.25, 0.3) is 0 Å². The molecule has 0 bridgehead atoms. The van der Waals surface area contributed by atoms with Crippen molar-refractivity contribution >= 4 is 17.5 Å². The maximum atomic E-state index is 12.0. The predicted molar refractivity (Wildman–Crippen MR) is 82.1 cm³/mol. The van der Waals surface area contributed by atoms with Crippen molar-refractivity contribution in [2.45, 2.75) is 45.3 Å². The quantitative estimate of drug-likeness (QED) is 0.813. The van der Waals surface area contributed by atoms with E-state index in [0.29, 0.717) is 23.7 Å². The zero-order valence-electron chi connectivity index (χ0n) is 12.3. The van der Waals surface area contributed by atoms with Crippen LogP contribution in [0, 0.1) is 0 Å². The van der Waals surface area contributed by atoms with Gasteiger partial charge in [-0.05, 0) is 38.5 Å². The molecule has 0 aromatic heterocycles. The molecule has 0 aliphatic rings. The van der Waals surface area contributed by atoms with Gasteiger partial charge in [0.15, 0.2) is 0 Å². The highest BCUT2D eigenvalue weighted by Gasteiger charge is 2.27. The number of ether oxygens (including phenoxy) is 1. The van der Waals surface area contributed by atoms with Gasteiger partial charge in [-0.2, -0.15) is 0 Å². The molecule has 1 amide bonds. The van der Waals surface area contributed by atoms with Gasteiger partial charge in [0, 0.05) is 5.02 Å². The number of hydrogen-bond acceptors (Lipinski definition) is 3. The molecule has 112 valence electrons.